The van der Waals surface area contributed by atoms with Gasteiger partial charge in [0.1, 0.15) is 17.7 Å². The molecule has 2 aromatic carbocycles. The number of methoxy groups -OCH3 is 1. The highest BCUT2D eigenvalue weighted by molar-refractivity contribution is 6.31. The highest BCUT2D eigenvalue weighted by Crippen LogP contribution is 2.35. The minimum Gasteiger partial charge on any atom is -0.493 e. The summed E-state index contributed by atoms with van der Waals surface area (Å²) >= 11 is 12.0. The van der Waals surface area contributed by atoms with Crippen LogP contribution in [0.15, 0.2) is 48.7 Å². The number of aromatic nitrogens is 1. The Bertz CT molecular complexity index is 1380. The van der Waals surface area contributed by atoms with E-state index in [1.165, 1.54) is 69.6 Å². The van der Waals surface area contributed by atoms with Crippen molar-refractivity contribution in [2.75, 3.05) is 13.9 Å². The summed E-state index contributed by atoms with van der Waals surface area (Å²) in [5.41, 5.74) is 0.875. The first-order valence-corrected chi connectivity index (χ1v) is 13.1. The predicted octanol–water partition coefficient (Wildman–Crippen LogP) is 6.55. The third-order valence-corrected chi connectivity index (χ3v) is 6.67. The molecule has 0 saturated heterocycles. The number of ketones is 1. The molecule has 0 spiro atoms. The zero-order valence-corrected chi connectivity index (χ0v) is 24.1. The summed E-state index contributed by atoms with van der Waals surface area (Å²) in [5.74, 6) is -4.59. The fourth-order valence-electron chi connectivity index (χ4n) is 4.07. The Hall–Kier alpha value is -3.76. The number of esters is 2. The fourth-order valence-corrected chi connectivity index (χ4v) is 4.45. The molecule has 0 aliphatic carbocycles. The maximum Gasteiger partial charge on any atom is 0.309 e. The normalized spacial score (nSPS) is 12.4. The second-order valence-electron chi connectivity index (χ2n) is 9.08. The van der Waals surface area contributed by atoms with E-state index in [0.717, 1.165) is 0 Å². The lowest BCUT2D eigenvalue weighted by molar-refractivity contribution is -0.153. The Morgan fingerprint density at radius 3 is 2.05 bits per heavy atom. The molecule has 0 N–H and O–H groups in total. The smallest absolute Gasteiger partial charge is 0.309 e. The zero-order valence-electron chi connectivity index (χ0n) is 22.6. The molecule has 0 saturated carbocycles. The van der Waals surface area contributed by atoms with Crippen LogP contribution < -0.4 is 9.47 Å². The SMILES string of the molecule is COc1ccnc(C(=O)C[C@@H](C)C(=O)O[C@@H](C)C(c2ccc(F)c(Cl)c2)c2ccc(F)c(Cl)c2)c1OCOC(C)=O. The van der Waals surface area contributed by atoms with Gasteiger partial charge in [0.15, 0.2) is 23.0 Å². The van der Waals surface area contributed by atoms with Gasteiger partial charge in [-0.05, 0) is 42.3 Å². The van der Waals surface area contributed by atoms with Crippen molar-refractivity contribution in [1.29, 1.82) is 0 Å². The number of Topliss-reactive ketones (excluding diaryl/α,β-unsaturated/α-hetero) is 1. The average Bonchev–Trinajstić information content (AvgIpc) is 2.92. The van der Waals surface area contributed by atoms with Gasteiger partial charge in [-0.1, -0.05) is 42.3 Å². The molecule has 3 aromatic rings. The van der Waals surface area contributed by atoms with Crippen molar-refractivity contribution in [3.05, 3.63) is 87.2 Å². The van der Waals surface area contributed by atoms with Gasteiger partial charge in [0.25, 0.3) is 0 Å². The molecule has 3 rings (SSSR count). The lowest BCUT2D eigenvalue weighted by Crippen LogP contribution is -2.28. The lowest BCUT2D eigenvalue weighted by Gasteiger charge is -2.26. The Labute approximate surface area is 245 Å². The van der Waals surface area contributed by atoms with E-state index in [0.29, 0.717) is 11.1 Å². The summed E-state index contributed by atoms with van der Waals surface area (Å²) in [4.78, 5) is 41.4. The van der Waals surface area contributed by atoms with Crippen LogP contribution in [0.2, 0.25) is 10.0 Å². The van der Waals surface area contributed by atoms with Crippen molar-refractivity contribution in [2.24, 2.45) is 5.92 Å². The summed E-state index contributed by atoms with van der Waals surface area (Å²) in [6, 6.07) is 9.55. The number of benzene rings is 2. The molecule has 1 heterocycles. The molecular formula is C29H27Cl2F2NO7. The van der Waals surface area contributed by atoms with Crippen molar-refractivity contribution < 1.29 is 42.1 Å². The first-order valence-electron chi connectivity index (χ1n) is 12.4. The molecule has 0 fully saturated rings. The maximum atomic E-state index is 13.9. The number of hydrogen-bond acceptors (Lipinski definition) is 8. The Morgan fingerprint density at radius 2 is 1.54 bits per heavy atom. The van der Waals surface area contributed by atoms with Crippen molar-refractivity contribution in [3.63, 3.8) is 0 Å². The first-order chi connectivity index (χ1) is 19.4. The Kier molecular flexibility index (Phi) is 11.0. The van der Waals surface area contributed by atoms with Crippen LogP contribution in [0.4, 0.5) is 8.78 Å². The van der Waals surface area contributed by atoms with Gasteiger partial charge in [-0.15, -0.1) is 0 Å². The third-order valence-electron chi connectivity index (χ3n) is 6.09. The van der Waals surface area contributed by atoms with Crippen LogP contribution in [0.1, 0.15) is 54.7 Å². The molecule has 218 valence electrons. The van der Waals surface area contributed by atoms with Crippen molar-refractivity contribution in [3.8, 4) is 11.5 Å². The molecule has 0 amide bonds. The summed E-state index contributed by atoms with van der Waals surface area (Å²) in [5, 5.41) is -0.286. The monoisotopic (exact) mass is 609 g/mol. The van der Waals surface area contributed by atoms with E-state index < -0.39 is 54.1 Å². The minimum absolute atomic E-state index is 0.0448. The second-order valence-corrected chi connectivity index (χ2v) is 9.90. The largest absolute Gasteiger partial charge is 0.493 e. The molecular weight excluding hydrogens is 583 g/mol. The Morgan fingerprint density at radius 1 is 0.951 bits per heavy atom. The summed E-state index contributed by atoms with van der Waals surface area (Å²) in [6.07, 6.45) is 0.174. The number of ether oxygens (including phenoxy) is 4. The number of rotatable bonds is 12. The fraction of sp³-hybridized carbons (Fsp3) is 0.310. The van der Waals surface area contributed by atoms with Crippen molar-refractivity contribution in [2.45, 2.75) is 39.2 Å². The van der Waals surface area contributed by atoms with Gasteiger partial charge in [0, 0.05) is 31.5 Å². The van der Waals surface area contributed by atoms with Crippen molar-refractivity contribution >= 4 is 40.9 Å². The van der Waals surface area contributed by atoms with E-state index >= 15 is 0 Å². The molecule has 0 bridgehead atoms. The molecule has 0 unspecified atom stereocenters. The average molecular weight is 610 g/mol. The van der Waals surface area contributed by atoms with Gasteiger partial charge < -0.3 is 18.9 Å². The topological polar surface area (TPSA) is 101 Å². The summed E-state index contributed by atoms with van der Waals surface area (Å²) < 4.78 is 48.9. The third kappa shape index (κ3) is 8.14. The van der Waals surface area contributed by atoms with Crippen LogP contribution in [0.5, 0.6) is 11.5 Å². The van der Waals surface area contributed by atoms with Crippen LogP contribution in [0, 0.1) is 17.6 Å². The molecule has 8 nitrogen and oxygen atoms in total. The van der Waals surface area contributed by atoms with Crippen molar-refractivity contribution in [1.82, 2.24) is 4.98 Å². The summed E-state index contributed by atoms with van der Waals surface area (Å²) in [6.45, 7) is 3.83. The van der Waals surface area contributed by atoms with Gasteiger partial charge in [0.2, 0.25) is 6.79 Å². The molecule has 1 aromatic heterocycles. The van der Waals surface area contributed by atoms with E-state index in [-0.39, 0.29) is 33.7 Å². The number of nitrogens with zero attached hydrogens (tertiary/aromatic N) is 1. The van der Waals surface area contributed by atoms with Crippen LogP contribution in [0.25, 0.3) is 0 Å². The highest BCUT2D eigenvalue weighted by Gasteiger charge is 2.30. The number of carbonyl (C=O) groups excluding carboxylic acids is 3. The first kappa shape index (κ1) is 31.8. The summed E-state index contributed by atoms with van der Waals surface area (Å²) in [7, 11) is 1.36. The number of hydrogen-bond donors (Lipinski definition) is 0. The van der Waals surface area contributed by atoms with E-state index in [9.17, 15) is 23.2 Å². The van der Waals surface area contributed by atoms with E-state index in [4.69, 9.17) is 42.1 Å². The van der Waals surface area contributed by atoms with Crippen LogP contribution >= 0.6 is 23.2 Å². The molecule has 41 heavy (non-hydrogen) atoms. The van der Waals surface area contributed by atoms with E-state index in [2.05, 4.69) is 4.98 Å². The van der Waals surface area contributed by atoms with Crippen LogP contribution in [-0.4, -0.2) is 42.7 Å². The zero-order chi connectivity index (χ0) is 30.3. The lowest BCUT2D eigenvalue weighted by atomic mass is 9.87. The number of halogens is 4. The van der Waals surface area contributed by atoms with Crippen LogP contribution in [0.3, 0.4) is 0 Å². The van der Waals surface area contributed by atoms with Gasteiger partial charge in [-0.25, -0.2) is 13.8 Å². The van der Waals surface area contributed by atoms with E-state index in [1.807, 2.05) is 0 Å². The molecule has 0 radical (unpaired) electrons. The highest BCUT2D eigenvalue weighted by atomic mass is 35.5. The van der Waals surface area contributed by atoms with Gasteiger partial charge in [-0.3, -0.25) is 14.4 Å². The molecule has 0 aliphatic rings. The number of pyridine rings is 1. The maximum absolute atomic E-state index is 13.9. The second kappa shape index (κ2) is 14.2. The molecule has 12 heteroatoms. The van der Waals surface area contributed by atoms with Crippen LogP contribution in [-0.2, 0) is 19.1 Å². The van der Waals surface area contributed by atoms with Gasteiger partial charge in [-0.2, -0.15) is 0 Å². The molecule has 0 aliphatic heterocycles. The van der Waals surface area contributed by atoms with E-state index in [1.54, 1.807) is 6.92 Å². The number of carbonyl (C=O) groups is 3. The molecule has 2 atom stereocenters. The predicted molar refractivity (Wildman–Crippen MR) is 146 cm³/mol. The van der Waals surface area contributed by atoms with Gasteiger partial charge >= 0.3 is 11.9 Å². The Balaban J connectivity index is 1.80. The standard InChI is InChI=1S/C29H27Cl2F2NO7/c1-15(11-24(36)27-28(40-14-39-17(3)35)25(38-4)9-10-34-27)29(37)41-16(2)26(18-5-7-22(32)20(30)12-18)19-6-8-23(33)21(31)13-19/h5-10,12-13,15-16,26H,11,14H2,1-4H3/t15-,16+/m1/s1. The minimum atomic E-state index is -0.923. The van der Waals surface area contributed by atoms with Gasteiger partial charge in [0.05, 0.1) is 23.1 Å². The quantitative estimate of drug-likeness (QED) is 0.129.